The molecule has 1 aromatic carbocycles. The number of aryl methyl sites for hydroxylation is 1. The molecular weight excluding hydrogens is 458 g/mol. The van der Waals surface area contributed by atoms with Crippen molar-refractivity contribution in [3.8, 4) is 0 Å². The molecule has 2 aromatic heterocycles. The van der Waals surface area contributed by atoms with Gasteiger partial charge in [0.2, 0.25) is 23.7 Å². The first kappa shape index (κ1) is 23.8. The molecule has 4 heterocycles. The highest BCUT2D eigenvalue weighted by Crippen LogP contribution is 2.23. The van der Waals surface area contributed by atoms with Crippen molar-refractivity contribution in [2.75, 3.05) is 36.8 Å². The fourth-order valence-corrected chi connectivity index (χ4v) is 4.70. The van der Waals surface area contributed by atoms with E-state index in [2.05, 4.69) is 20.6 Å². The van der Waals surface area contributed by atoms with Crippen LogP contribution in [0.2, 0.25) is 0 Å². The first-order chi connectivity index (χ1) is 17.5. The zero-order chi connectivity index (χ0) is 24.9. The molecule has 2 fully saturated rings. The molecule has 10 nitrogen and oxygen atoms in total. The number of benzene rings is 1. The van der Waals surface area contributed by atoms with E-state index in [4.69, 9.17) is 9.41 Å². The van der Waals surface area contributed by atoms with Crippen molar-refractivity contribution in [3.05, 3.63) is 48.5 Å². The maximum atomic E-state index is 13.5. The first-order valence-corrected chi connectivity index (χ1v) is 12.5. The van der Waals surface area contributed by atoms with Crippen molar-refractivity contribution in [2.45, 2.75) is 45.1 Å². The van der Waals surface area contributed by atoms with Crippen molar-refractivity contribution in [3.63, 3.8) is 0 Å². The highest BCUT2D eigenvalue weighted by molar-refractivity contribution is 6.04. The number of furan rings is 1. The molecule has 0 aliphatic carbocycles. The van der Waals surface area contributed by atoms with Crippen molar-refractivity contribution in [1.82, 2.24) is 19.8 Å². The molecule has 2 N–H and O–H groups in total. The molecule has 0 unspecified atom stereocenters. The summed E-state index contributed by atoms with van der Waals surface area (Å²) in [6, 6.07) is 8.83. The maximum Gasteiger partial charge on any atom is 0.247 e. The van der Waals surface area contributed by atoms with E-state index < -0.39 is 6.04 Å². The number of nitrogens with one attached hydrogen (secondary N) is 2. The van der Waals surface area contributed by atoms with Gasteiger partial charge in [-0.1, -0.05) is 0 Å². The second-order valence-electron chi connectivity index (χ2n) is 9.27. The van der Waals surface area contributed by atoms with Gasteiger partial charge in [-0.05, 0) is 69.4 Å². The number of carbonyl (C=O) groups excluding carboxylic acids is 2. The Hall–Kier alpha value is -3.95. The zero-order valence-electron chi connectivity index (χ0n) is 20.4. The lowest BCUT2D eigenvalue weighted by Gasteiger charge is -2.25. The van der Waals surface area contributed by atoms with E-state index in [9.17, 15) is 9.59 Å². The molecule has 2 saturated heterocycles. The molecule has 5 rings (SSSR count). The van der Waals surface area contributed by atoms with E-state index in [-0.39, 0.29) is 18.4 Å². The van der Waals surface area contributed by atoms with Crippen LogP contribution in [0.5, 0.6) is 0 Å². The smallest absolute Gasteiger partial charge is 0.247 e. The van der Waals surface area contributed by atoms with E-state index in [1.807, 2.05) is 36.1 Å². The van der Waals surface area contributed by atoms with Crippen LogP contribution in [0.4, 0.5) is 11.6 Å². The van der Waals surface area contributed by atoms with Crippen LogP contribution in [0.3, 0.4) is 0 Å². The molecule has 0 saturated carbocycles. The average Bonchev–Trinajstić information content (AvgIpc) is 3.50. The van der Waals surface area contributed by atoms with Gasteiger partial charge in [0.1, 0.15) is 17.4 Å². The van der Waals surface area contributed by atoms with Gasteiger partial charge in [0.15, 0.2) is 0 Å². The fraction of sp³-hybridized carbons (Fsp3) is 0.423. The summed E-state index contributed by atoms with van der Waals surface area (Å²) in [5, 5.41) is 7.37. The first-order valence-electron chi connectivity index (χ1n) is 12.5. The Morgan fingerprint density at radius 2 is 1.86 bits per heavy atom. The van der Waals surface area contributed by atoms with Crippen LogP contribution in [-0.4, -0.2) is 69.8 Å². The molecule has 2 aliphatic heterocycles. The van der Waals surface area contributed by atoms with Crippen molar-refractivity contribution in [2.24, 2.45) is 4.99 Å². The normalized spacial score (nSPS) is 19.0. The number of fused-ring (bicyclic) bond motifs is 1. The van der Waals surface area contributed by atoms with Gasteiger partial charge in [-0.3, -0.25) is 14.9 Å². The second-order valence-corrected chi connectivity index (χ2v) is 9.27. The molecule has 3 aromatic rings. The number of amides is 2. The Morgan fingerprint density at radius 1 is 1.08 bits per heavy atom. The summed E-state index contributed by atoms with van der Waals surface area (Å²) in [5.41, 5.74) is 1.58. The van der Waals surface area contributed by atoms with Crippen molar-refractivity contribution >= 4 is 40.4 Å². The minimum atomic E-state index is -0.613. The molecule has 10 heteroatoms. The minimum Gasteiger partial charge on any atom is -0.461 e. The van der Waals surface area contributed by atoms with Crippen LogP contribution < -0.4 is 10.6 Å². The highest BCUT2D eigenvalue weighted by atomic mass is 16.3. The van der Waals surface area contributed by atoms with Crippen molar-refractivity contribution < 1.29 is 14.0 Å². The Kier molecular flexibility index (Phi) is 7.11. The van der Waals surface area contributed by atoms with Gasteiger partial charge in [0.05, 0.1) is 6.54 Å². The van der Waals surface area contributed by atoms with E-state index >= 15 is 0 Å². The third-order valence-electron chi connectivity index (χ3n) is 6.52. The summed E-state index contributed by atoms with van der Waals surface area (Å²) in [6.45, 7) is 4.14. The molecule has 188 valence electrons. The van der Waals surface area contributed by atoms with Crippen molar-refractivity contribution in [1.29, 1.82) is 0 Å². The molecule has 1 atom stereocenters. The van der Waals surface area contributed by atoms with Gasteiger partial charge in [-0.2, -0.15) is 0 Å². The monoisotopic (exact) mass is 489 g/mol. The van der Waals surface area contributed by atoms with Gasteiger partial charge < -0.3 is 19.5 Å². The standard InChI is InChI=1S/C26H31N7O3/c1-18-15-19-16-20(8-9-22(19)36-18)29-26(31-25-27-10-6-11-28-25)30-21-7-2-3-14-33(24(21)35)17-23(34)32-12-4-5-13-32/h6,8-11,15-16,21H,2-5,7,12-14,17H2,1H3,(H2,27,28,29,30,31)/t21-/m0/s1. The van der Waals surface area contributed by atoms with Gasteiger partial charge in [-0.15, -0.1) is 0 Å². The molecule has 36 heavy (non-hydrogen) atoms. The number of hydrogen-bond donors (Lipinski definition) is 2. The van der Waals surface area contributed by atoms with Crippen LogP contribution in [0.1, 0.15) is 37.9 Å². The maximum absolute atomic E-state index is 13.5. The lowest BCUT2D eigenvalue weighted by atomic mass is 10.1. The fourth-order valence-electron chi connectivity index (χ4n) is 4.70. The Bertz CT molecular complexity index is 1250. The number of aliphatic imine (C=N–C) groups is 1. The Morgan fingerprint density at radius 3 is 2.67 bits per heavy atom. The van der Waals surface area contributed by atoms with Crippen LogP contribution in [0.25, 0.3) is 11.0 Å². The topological polar surface area (TPSA) is 116 Å². The largest absolute Gasteiger partial charge is 0.461 e. The van der Waals surface area contributed by atoms with Gasteiger partial charge in [-0.25, -0.2) is 15.0 Å². The predicted octanol–water partition coefficient (Wildman–Crippen LogP) is 3.41. The highest BCUT2D eigenvalue weighted by Gasteiger charge is 2.30. The summed E-state index contributed by atoms with van der Waals surface area (Å²) >= 11 is 0. The lowest BCUT2D eigenvalue weighted by Crippen LogP contribution is -2.45. The molecule has 2 amide bonds. The summed E-state index contributed by atoms with van der Waals surface area (Å²) in [7, 11) is 0. The molecule has 0 radical (unpaired) electrons. The number of rotatable bonds is 5. The van der Waals surface area contributed by atoms with E-state index in [0.29, 0.717) is 24.9 Å². The van der Waals surface area contributed by atoms with Crippen LogP contribution >= 0.6 is 0 Å². The molecular formula is C26H31N7O3. The van der Waals surface area contributed by atoms with E-state index in [1.165, 1.54) is 0 Å². The lowest BCUT2D eigenvalue weighted by molar-refractivity contribution is -0.140. The number of aromatic nitrogens is 2. The van der Waals surface area contributed by atoms with Gasteiger partial charge >= 0.3 is 0 Å². The number of likely N-dealkylation sites (tertiary alicyclic amines) is 2. The third-order valence-corrected chi connectivity index (χ3v) is 6.52. The molecule has 0 spiro atoms. The Labute approximate surface area is 209 Å². The number of hydrogen-bond acceptors (Lipinski definition) is 6. The van der Waals surface area contributed by atoms with Crippen LogP contribution in [-0.2, 0) is 9.59 Å². The number of carbonyl (C=O) groups is 2. The Balaban J connectivity index is 1.38. The molecule has 0 bridgehead atoms. The summed E-state index contributed by atoms with van der Waals surface area (Å²) < 4.78 is 5.68. The summed E-state index contributed by atoms with van der Waals surface area (Å²) in [6.07, 6.45) is 7.63. The number of guanidine groups is 1. The quantitative estimate of drug-likeness (QED) is 0.417. The zero-order valence-corrected chi connectivity index (χ0v) is 20.4. The number of nitrogens with zero attached hydrogens (tertiary/aromatic N) is 5. The molecule has 2 aliphatic rings. The SMILES string of the molecule is Cc1cc2cc(NC(=N[C@H]3CCCCN(CC(=O)N4CCCC4)C3=O)Nc3ncccn3)ccc2o1. The van der Waals surface area contributed by atoms with Gasteiger partial charge in [0, 0.05) is 43.1 Å². The number of anilines is 2. The van der Waals surface area contributed by atoms with Gasteiger partial charge in [0.25, 0.3) is 0 Å². The van der Waals surface area contributed by atoms with E-state index in [1.54, 1.807) is 23.4 Å². The summed E-state index contributed by atoms with van der Waals surface area (Å²) in [5.74, 6) is 1.46. The predicted molar refractivity (Wildman–Crippen MR) is 138 cm³/mol. The third kappa shape index (κ3) is 5.64. The summed E-state index contributed by atoms with van der Waals surface area (Å²) in [4.78, 5) is 43.0. The van der Waals surface area contributed by atoms with Crippen LogP contribution in [0, 0.1) is 6.92 Å². The van der Waals surface area contributed by atoms with Crippen LogP contribution in [0.15, 0.2) is 52.1 Å². The average molecular weight is 490 g/mol. The second kappa shape index (κ2) is 10.8. The minimum absolute atomic E-state index is 0.0170. The van der Waals surface area contributed by atoms with E-state index in [0.717, 1.165) is 61.2 Å².